The lowest BCUT2D eigenvalue weighted by molar-refractivity contribution is -0.138. The number of fused-ring (bicyclic) bond motifs is 1. The Morgan fingerprint density at radius 3 is 2.75 bits per heavy atom. The Kier molecular flexibility index (Phi) is 4.25. The zero-order valence-corrected chi connectivity index (χ0v) is 14.5. The van der Waals surface area contributed by atoms with Crippen molar-refractivity contribution in [3.8, 4) is 5.75 Å². The molecule has 0 radical (unpaired) electrons. The van der Waals surface area contributed by atoms with Crippen molar-refractivity contribution in [3.05, 3.63) is 24.3 Å². The number of ether oxygens (including phenoxy) is 1. The van der Waals surface area contributed by atoms with E-state index in [1.165, 1.54) is 9.80 Å². The van der Waals surface area contributed by atoms with Gasteiger partial charge in [0.05, 0.1) is 23.6 Å². The van der Waals surface area contributed by atoms with Crippen LogP contribution in [0.1, 0.15) is 12.8 Å². The Labute approximate surface area is 141 Å². The van der Waals surface area contributed by atoms with Crippen molar-refractivity contribution in [2.45, 2.75) is 25.0 Å². The highest BCUT2D eigenvalue weighted by Crippen LogP contribution is 2.33. The molecule has 1 aromatic carbocycles. The van der Waals surface area contributed by atoms with Gasteiger partial charge in [-0.3, -0.25) is 9.59 Å². The first-order chi connectivity index (χ1) is 11.3. The molecule has 1 aromatic rings. The summed E-state index contributed by atoms with van der Waals surface area (Å²) in [4.78, 5) is 27.8. The number of hydrogen-bond donors (Lipinski definition) is 0. The molecular formula is C16H20N2O5S. The number of amides is 2. The van der Waals surface area contributed by atoms with Crippen LogP contribution in [0, 0.1) is 0 Å². The third-order valence-electron chi connectivity index (χ3n) is 4.61. The standard InChI is InChI=1S/C16H20N2O5S/c1-17(11-7-8-24(21,22)10-11)15(19)9-14-16(20)18(2)12-5-3-4-6-13(12)23-14/h3-6,11,14H,7-10H2,1-2H3. The van der Waals surface area contributed by atoms with E-state index >= 15 is 0 Å². The largest absolute Gasteiger partial charge is 0.478 e. The van der Waals surface area contributed by atoms with Gasteiger partial charge in [-0.15, -0.1) is 0 Å². The number of para-hydroxylation sites is 2. The molecule has 2 atom stereocenters. The minimum atomic E-state index is -3.07. The normalized spacial score (nSPS) is 25.1. The summed E-state index contributed by atoms with van der Waals surface area (Å²) in [5.41, 5.74) is 0.668. The van der Waals surface area contributed by atoms with Gasteiger partial charge in [0.2, 0.25) is 5.91 Å². The number of nitrogens with zero attached hydrogens (tertiary/aromatic N) is 2. The molecule has 24 heavy (non-hydrogen) atoms. The Bertz CT molecular complexity index is 776. The second kappa shape index (κ2) is 6.08. The topological polar surface area (TPSA) is 84.0 Å². The molecule has 0 aromatic heterocycles. The molecule has 2 aliphatic rings. The quantitative estimate of drug-likeness (QED) is 0.788. The predicted octanol–water partition coefficient (Wildman–Crippen LogP) is 0.446. The van der Waals surface area contributed by atoms with E-state index in [1.807, 2.05) is 6.07 Å². The molecule has 0 N–H and O–H groups in total. The first-order valence-electron chi connectivity index (χ1n) is 7.78. The summed E-state index contributed by atoms with van der Waals surface area (Å²) >= 11 is 0. The molecule has 1 fully saturated rings. The summed E-state index contributed by atoms with van der Waals surface area (Å²) in [5.74, 6) is 0.0723. The van der Waals surface area contributed by atoms with Gasteiger partial charge in [-0.25, -0.2) is 8.42 Å². The molecule has 0 aliphatic carbocycles. The van der Waals surface area contributed by atoms with E-state index in [9.17, 15) is 18.0 Å². The number of carbonyl (C=O) groups excluding carboxylic acids is 2. The molecule has 7 nitrogen and oxygen atoms in total. The molecule has 3 rings (SSSR count). The lowest BCUT2D eigenvalue weighted by atomic mass is 10.1. The van der Waals surface area contributed by atoms with Crippen LogP contribution >= 0.6 is 0 Å². The van der Waals surface area contributed by atoms with Gasteiger partial charge in [-0.05, 0) is 18.6 Å². The first-order valence-corrected chi connectivity index (χ1v) is 9.60. The van der Waals surface area contributed by atoms with Gasteiger partial charge in [-0.2, -0.15) is 0 Å². The monoisotopic (exact) mass is 352 g/mol. The Morgan fingerprint density at radius 1 is 1.38 bits per heavy atom. The third kappa shape index (κ3) is 3.10. The van der Waals surface area contributed by atoms with E-state index in [0.717, 1.165) is 0 Å². The minimum absolute atomic E-state index is 0.0164. The number of benzene rings is 1. The number of carbonyl (C=O) groups is 2. The van der Waals surface area contributed by atoms with Crippen LogP contribution in [-0.2, 0) is 19.4 Å². The summed E-state index contributed by atoms with van der Waals surface area (Å²) < 4.78 is 28.8. The number of rotatable bonds is 3. The molecular weight excluding hydrogens is 332 g/mol. The van der Waals surface area contributed by atoms with Crippen molar-refractivity contribution >= 4 is 27.3 Å². The zero-order valence-electron chi connectivity index (χ0n) is 13.6. The van der Waals surface area contributed by atoms with E-state index in [-0.39, 0.29) is 35.8 Å². The maximum Gasteiger partial charge on any atom is 0.268 e. The van der Waals surface area contributed by atoms with Crippen LogP contribution in [0.4, 0.5) is 5.69 Å². The average Bonchev–Trinajstić information content (AvgIpc) is 2.91. The van der Waals surface area contributed by atoms with Crippen LogP contribution < -0.4 is 9.64 Å². The smallest absolute Gasteiger partial charge is 0.268 e. The summed E-state index contributed by atoms with van der Waals surface area (Å²) in [6.45, 7) is 0. The van der Waals surface area contributed by atoms with E-state index in [0.29, 0.717) is 17.9 Å². The van der Waals surface area contributed by atoms with Crippen molar-refractivity contribution in [3.63, 3.8) is 0 Å². The van der Waals surface area contributed by atoms with Crippen LogP contribution in [0.3, 0.4) is 0 Å². The zero-order chi connectivity index (χ0) is 17.5. The molecule has 8 heteroatoms. The van der Waals surface area contributed by atoms with Crippen LogP contribution in [-0.4, -0.2) is 62.9 Å². The molecule has 130 valence electrons. The molecule has 0 spiro atoms. The van der Waals surface area contributed by atoms with Crippen LogP contribution in [0.2, 0.25) is 0 Å². The maximum absolute atomic E-state index is 12.5. The van der Waals surface area contributed by atoms with E-state index in [4.69, 9.17) is 4.74 Å². The fraction of sp³-hybridized carbons (Fsp3) is 0.500. The fourth-order valence-corrected chi connectivity index (χ4v) is 4.86. The van der Waals surface area contributed by atoms with Crippen LogP contribution in [0.5, 0.6) is 5.75 Å². The van der Waals surface area contributed by atoms with Crippen molar-refractivity contribution < 1.29 is 22.7 Å². The van der Waals surface area contributed by atoms with Crippen LogP contribution in [0.25, 0.3) is 0 Å². The Balaban J connectivity index is 1.70. The Morgan fingerprint density at radius 2 is 2.08 bits per heavy atom. The van der Waals surface area contributed by atoms with Crippen molar-refractivity contribution in [2.24, 2.45) is 0 Å². The number of sulfone groups is 1. The summed E-state index contributed by atoms with van der Waals surface area (Å²) in [6, 6.07) is 6.82. The number of likely N-dealkylation sites (N-methyl/N-ethyl adjacent to an activating group) is 1. The molecule has 1 saturated heterocycles. The Hall–Kier alpha value is -2.09. The van der Waals surface area contributed by atoms with Crippen LogP contribution in [0.15, 0.2) is 24.3 Å². The van der Waals surface area contributed by atoms with Gasteiger partial charge < -0.3 is 14.5 Å². The van der Waals surface area contributed by atoms with Gasteiger partial charge in [0.1, 0.15) is 5.75 Å². The lowest BCUT2D eigenvalue weighted by Crippen LogP contribution is -2.47. The van der Waals surface area contributed by atoms with Crippen molar-refractivity contribution in [1.82, 2.24) is 4.90 Å². The highest BCUT2D eigenvalue weighted by Gasteiger charge is 2.37. The van der Waals surface area contributed by atoms with Gasteiger partial charge in [0.15, 0.2) is 15.9 Å². The lowest BCUT2D eigenvalue weighted by Gasteiger charge is -2.33. The first kappa shape index (κ1) is 16.8. The molecule has 2 aliphatic heterocycles. The van der Waals surface area contributed by atoms with Gasteiger partial charge in [0.25, 0.3) is 5.91 Å². The SMILES string of the molecule is CN1C(=O)C(CC(=O)N(C)C2CCS(=O)(=O)C2)Oc2ccccc21. The molecule has 0 saturated carbocycles. The summed E-state index contributed by atoms with van der Waals surface area (Å²) in [7, 11) is 0.162. The summed E-state index contributed by atoms with van der Waals surface area (Å²) in [5, 5.41) is 0. The predicted molar refractivity (Wildman–Crippen MR) is 88.7 cm³/mol. The molecule has 2 heterocycles. The van der Waals surface area contributed by atoms with E-state index in [2.05, 4.69) is 0 Å². The maximum atomic E-state index is 12.5. The molecule has 2 amide bonds. The fourth-order valence-electron chi connectivity index (χ4n) is 3.09. The number of anilines is 1. The average molecular weight is 352 g/mol. The molecule has 0 bridgehead atoms. The molecule has 2 unspecified atom stereocenters. The second-order valence-corrected chi connectivity index (χ2v) is 8.47. The second-order valence-electron chi connectivity index (χ2n) is 6.24. The number of hydrogen-bond acceptors (Lipinski definition) is 5. The van der Waals surface area contributed by atoms with Gasteiger partial charge in [-0.1, -0.05) is 12.1 Å². The summed E-state index contributed by atoms with van der Waals surface area (Å²) in [6.07, 6.45) is -0.560. The van der Waals surface area contributed by atoms with E-state index < -0.39 is 15.9 Å². The van der Waals surface area contributed by atoms with Gasteiger partial charge >= 0.3 is 0 Å². The highest BCUT2D eigenvalue weighted by atomic mass is 32.2. The highest BCUT2D eigenvalue weighted by molar-refractivity contribution is 7.91. The van der Waals surface area contributed by atoms with Crippen molar-refractivity contribution in [1.29, 1.82) is 0 Å². The van der Waals surface area contributed by atoms with E-state index in [1.54, 1.807) is 32.3 Å². The van der Waals surface area contributed by atoms with Crippen molar-refractivity contribution in [2.75, 3.05) is 30.5 Å². The van der Waals surface area contributed by atoms with Gasteiger partial charge in [0, 0.05) is 20.1 Å². The minimum Gasteiger partial charge on any atom is -0.478 e. The third-order valence-corrected chi connectivity index (χ3v) is 6.36.